The molecule has 0 fully saturated rings. The molecule has 0 heterocycles. The van der Waals surface area contributed by atoms with E-state index < -0.39 is 0 Å². The van der Waals surface area contributed by atoms with Crippen molar-refractivity contribution < 1.29 is 0 Å². The van der Waals surface area contributed by atoms with Crippen LogP contribution in [0.15, 0.2) is 24.3 Å². The quantitative estimate of drug-likeness (QED) is 0.786. The van der Waals surface area contributed by atoms with E-state index in [0.717, 1.165) is 24.9 Å². The van der Waals surface area contributed by atoms with Crippen molar-refractivity contribution >= 4 is 0 Å². The topological polar surface area (TPSA) is 49.8 Å². The highest BCUT2D eigenvalue weighted by Crippen LogP contribution is 2.11. The molecule has 0 saturated heterocycles. The van der Waals surface area contributed by atoms with E-state index in [1.54, 1.807) is 0 Å². The van der Waals surface area contributed by atoms with Gasteiger partial charge in [0, 0.05) is 0 Å². The molecular weight excluding hydrogens is 172 g/mol. The number of benzene rings is 1. The third-order valence-corrected chi connectivity index (χ3v) is 2.33. The molecule has 2 nitrogen and oxygen atoms in total. The first-order valence-corrected chi connectivity index (χ1v) is 4.95. The Balaban J connectivity index is 2.56. The minimum atomic E-state index is 0.618. The molecule has 0 radical (unpaired) electrons. The van der Waals surface area contributed by atoms with Gasteiger partial charge in [-0.1, -0.05) is 19.1 Å². The second kappa shape index (κ2) is 5.41. The summed E-state index contributed by atoms with van der Waals surface area (Å²) in [7, 11) is 0. The van der Waals surface area contributed by atoms with E-state index in [0.29, 0.717) is 5.92 Å². The normalized spacial score (nSPS) is 12.1. The van der Waals surface area contributed by atoms with Crippen LogP contribution in [-0.2, 0) is 6.42 Å². The number of hydrogen-bond donors (Lipinski definition) is 1. The Labute approximate surface area is 85.4 Å². The zero-order valence-electron chi connectivity index (χ0n) is 8.53. The second-order valence-electron chi connectivity index (χ2n) is 3.70. The van der Waals surface area contributed by atoms with Crippen molar-refractivity contribution in [3.63, 3.8) is 0 Å². The number of hydrogen-bond acceptors (Lipinski definition) is 2. The summed E-state index contributed by atoms with van der Waals surface area (Å²) < 4.78 is 0. The van der Waals surface area contributed by atoms with Crippen LogP contribution in [0.1, 0.15) is 24.5 Å². The maximum atomic E-state index is 8.63. The van der Waals surface area contributed by atoms with Crippen molar-refractivity contribution in [2.45, 2.75) is 19.8 Å². The Morgan fingerprint density at radius 2 is 2.00 bits per heavy atom. The summed E-state index contributed by atoms with van der Waals surface area (Å²) >= 11 is 0. The van der Waals surface area contributed by atoms with E-state index >= 15 is 0 Å². The molecular formula is C12H16N2. The lowest BCUT2D eigenvalue weighted by Gasteiger charge is -2.09. The maximum absolute atomic E-state index is 8.63. The van der Waals surface area contributed by atoms with E-state index in [4.69, 9.17) is 11.0 Å². The number of nitrogens with zero attached hydrogens (tertiary/aromatic N) is 1. The first-order valence-electron chi connectivity index (χ1n) is 4.95. The lowest BCUT2D eigenvalue weighted by molar-refractivity contribution is 0.538. The smallest absolute Gasteiger partial charge is 0.0991 e. The molecule has 0 aliphatic heterocycles. The summed E-state index contributed by atoms with van der Waals surface area (Å²) in [6.45, 7) is 2.95. The van der Waals surface area contributed by atoms with Crippen molar-refractivity contribution in [1.82, 2.24) is 0 Å². The van der Waals surface area contributed by atoms with Crippen LogP contribution in [0.3, 0.4) is 0 Å². The van der Waals surface area contributed by atoms with Crippen molar-refractivity contribution in [1.29, 1.82) is 5.26 Å². The predicted molar refractivity (Wildman–Crippen MR) is 57.7 cm³/mol. The third-order valence-electron chi connectivity index (χ3n) is 2.33. The first kappa shape index (κ1) is 10.7. The van der Waals surface area contributed by atoms with E-state index in [1.165, 1.54) is 5.56 Å². The van der Waals surface area contributed by atoms with Gasteiger partial charge in [-0.2, -0.15) is 5.26 Å². The van der Waals surface area contributed by atoms with Gasteiger partial charge in [0.1, 0.15) is 0 Å². The van der Waals surface area contributed by atoms with Crippen LogP contribution in [0.25, 0.3) is 0 Å². The Hall–Kier alpha value is -1.33. The highest BCUT2D eigenvalue weighted by molar-refractivity contribution is 5.31. The summed E-state index contributed by atoms with van der Waals surface area (Å²) in [4.78, 5) is 0. The van der Waals surface area contributed by atoms with E-state index in [2.05, 4.69) is 13.0 Å². The van der Waals surface area contributed by atoms with Crippen LogP contribution in [0.4, 0.5) is 0 Å². The molecule has 0 amide bonds. The van der Waals surface area contributed by atoms with Crippen molar-refractivity contribution in [3.8, 4) is 6.07 Å². The van der Waals surface area contributed by atoms with Gasteiger partial charge in [0.15, 0.2) is 0 Å². The Morgan fingerprint density at radius 3 is 2.50 bits per heavy atom. The van der Waals surface area contributed by atoms with Crippen LogP contribution in [0.5, 0.6) is 0 Å². The van der Waals surface area contributed by atoms with Gasteiger partial charge < -0.3 is 5.73 Å². The molecule has 2 N–H and O–H groups in total. The largest absolute Gasteiger partial charge is 0.330 e. The molecule has 14 heavy (non-hydrogen) atoms. The minimum absolute atomic E-state index is 0.618. The average Bonchev–Trinajstić information content (AvgIpc) is 2.19. The fraction of sp³-hybridized carbons (Fsp3) is 0.417. The fourth-order valence-corrected chi connectivity index (χ4v) is 1.50. The van der Waals surface area contributed by atoms with Gasteiger partial charge in [-0.05, 0) is 43.0 Å². The zero-order chi connectivity index (χ0) is 10.4. The van der Waals surface area contributed by atoms with Gasteiger partial charge in [0.2, 0.25) is 0 Å². The highest BCUT2D eigenvalue weighted by Gasteiger charge is 2.02. The van der Waals surface area contributed by atoms with Gasteiger partial charge in [0.05, 0.1) is 11.6 Å². The molecule has 0 aliphatic carbocycles. The monoisotopic (exact) mass is 188 g/mol. The van der Waals surface area contributed by atoms with Crippen LogP contribution in [-0.4, -0.2) is 6.54 Å². The Kier molecular flexibility index (Phi) is 4.15. The van der Waals surface area contributed by atoms with E-state index in [9.17, 15) is 0 Å². The molecule has 0 aliphatic rings. The first-order chi connectivity index (χ1) is 6.76. The SMILES string of the molecule is CC(CCN)Cc1ccc(C#N)cc1. The molecule has 0 spiro atoms. The third kappa shape index (κ3) is 3.20. The van der Waals surface area contributed by atoms with Gasteiger partial charge in [-0.25, -0.2) is 0 Å². The molecule has 1 unspecified atom stereocenters. The number of nitriles is 1. The Bertz CT molecular complexity index is 308. The lowest BCUT2D eigenvalue weighted by Crippen LogP contribution is -2.07. The van der Waals surface area contributed by atoms with Gasteiger partial charge >= 0.3 is 0 Å². The van der Waals surface area contributed by atoms with Crippen molar-refractivity contribution in [3.05, 3.63) is 35.4 Å². The van der Waals surface area contributed by atoms with Crippen LogP contribution in [0, 0.1) is 17.2 Å². The minimum Gasteiger partial charge on any atom is -0.330 e. The molecule has 0 bridgehead atoms. The maximum Gasteiger partial charge on any atom is 0.0991 e. The molecule has 2 heteroatoms. The second-order valence-corrected chi connectivity index (χ2v) is 3.70. The van der Waals surface area contributed by atoms with Crippen LogP contribution < -0.4 is 5.73 Å². The van der Waals surface area contributed by atoms with Gasteiger partial charge in [0.25, 0.3) is 0 Å². The standard InChI is InChI=1S/C12H16N2/c1-10(6-7-13)8-11-2-4-12(9-14)5-3-11/h2-5,10H,6-8,13H2,1H3. The average molecular weight is 188 g/mol. The summed E-state index contributed by atoms with van der Waals surface area (Å²) in [5.41, 5.74) is 7.49. The zero-order valence-corrected chi connectivity index (χ0v) is 8.53. The highest BCUT2D eigenvalue weighted by atomic mass is 14.5. The van der Waals surface area contributed by atoms with Crippen molar-refractivity contribution in [2.24, 2.45) is 11.7 Å². The molecule has 1 atom stereocenters. The number of rotatable bonds is 4. The summed E-state index contributed by atoms with van der Waals surface area (Å²) in [5, 5.41) is 8.63. The Morgan fingerprint density at radius 1 is 1.36 bits per heavy atom. The lowest BCUT2D eigenvalue weighted by atomic mass is 9.97. The molecule has 1 rings (SSSR count). The van der Waals surface area contributed by atoms with E-state index in [1.807, 2.05) is 24.3 Å². The fourth-order valence-electron chi connectivity index (χ4n) is 1.50. The molecule has 0 saturated carbocycles. The summed E-state index contributed by atoms with van der Waals surface area (Å²) in [6, 6.07) is 9.88. The molecule has 0 aromatic heterocycles. The van der Waals surface area contributed by atoms with Crippen molar-refractivity contribution in [2.75, 3.05) is 6.54 Å². The predicted octanol–water partition coefficient (Wildman–Crippen LogP) is 2.09. The van der Waals surface area contributed by atoms with Crippen LogP contribution >= 0.6 is 0 Å². The number of nitrogens with two attached hydrogens (primary N) is 1. The summed E-state index contributed by atoms with van der Waals surface area (Å²) in [5.74, 6) is 0.618. The van der Waals surface area contributed by atoms with Gasteiger partial charge in [-0.3, -0.25) is 0 Å². The molecule has 1 aromatic rings. The summed E-state index contributed by atoms with van der Waals surface area (Å²) in [6.07, 6.45) is 2.10. The van der Waals surface area contributed by atoms with Crippen LogP contribution in [0.2, 0.25) is 0 Å². The van der Waals surface area contributed by atoms with Gasteiger partial charge in [-0.15, -0.1) is 0 Å². The molecule has 74 valence electrons. The van der Waals surface area contributed by atoms with E-state index in [-0.39, 0.29) is 0 Å². The molecule has 1 aromatic carbocycles.